The van der Waals surface area contributed by atoms with E-state index in [2.05, 4.69) is 0 Å². The van der Waals surface area contributed by atoms with Crippen LogP contribution in [0.5, 0.6) is 5.75 Å². The molecule has 0 radical (unpaired) electrons. The zero-order chi connectivity index (χ0) is 17.4. The minimum Gasteiger partial charge on any atom is -0.496 e. The summed E-state index contributed by atoms with van der Waals surface area (Å²) in [7, 11) is 1.62. The number of ether oxygens (including phenoxy) is 3. The summed E-state index contributed by atoms with van der Waals surface area (Å²) in [6, 6.07) is 13.0. The molecule has 2 heterocycles. The van der Waals surface area contributed by atoms with Crippen LogP contribution >= 0.6 is 11.6 Å². The van der Waals surface area contributed by atoms with E-state index in [0.717, 1.165) is 23.4 Å². The second-order valence-corrected chi connectivity index (χ2v) is 6.47. The average molecular weight is 360 g/mol. The molecule has 0 unspecified atom stereocenters. The van der Waals surface area contributed by atoms with E-state index < -0.39 is 5.79 Å². The summed E-state index contributed by atoms with van der Waals surface area (Å²) < 4.78 is 17.1. The molecule has 5 nitrogen and oxygen atoms in total. The molecular weight excluding hydrogens is 342 g/mol. The molecule has 1 fully saturated rings. The van der Waals surface area contributed by atoms with E-state index in [4.69, 9.17) is 25.8 Å². The monoisotopic (exact) mass is 359 g/mol. The molecule has 1 amide bonds. The van der Waals surface area contributed by atoms with Crippen molar-refractivity contribution < 1.29 is 19.0 Å². The number of nitrogens with zero attached hydrogens (tertiary/aromatic N) is 1. The van der Waals surface area contributed by atoms with Crippen LogP contribution in [0.15, 0.2) is 42.5 Å². The summed E-state index contributed by atoms with van der Waals surface area (Å²) in [4.78, 5) is 14.9. The van der Waals surface area contributed by atoms with Gasteiger partial charge in [-0.1, -0.05) is 29.8 Å². The molecule has 0 atom stereocenters. The maximum absolute atomic E-state index is 13.2. The van der Waals surface area contributed by atoms with Crippen molar-refractivity contribution >= 4 is 23.2 Å². The Morgan fingerprint density at radius 1 is 1.20 bits per heavy atom. The fraction of sp³-hybridized carbons (Fsp3) is 0.316. The molecule has 2 aliphatic rings. The van der Waals surface area contributed by atoms with Gasteiger partial charge in [-0.25, -0.2) is 0 Å². The van der Waals surface area contributed by atoms with Gasteiger partial charge in [0.2, 0.25) is 0 Å². The summed E-state index contributed by atoms with van der Waals surface area (Å²) in [5.74, 6) is -0.881. The molecule has 25 heavy (non-hydrogen) atoms. The Hall–Kier alpha value is -2.08. The minimum absolute atomic E-state index is 0.227. The van der Waals surface area contributed by atoms with E-state index in [1.807, 2.05) is 30.3 Å². The Bertz CT molecular complexity index is 817. The van der Waals surface area contributed by atoms with Crippen LogP contribution in [0.1, 0.15) is 17.5 Å². The Labute approximate surface area is 151 Å². The molecule has 130 valence electrons. The van der Waals surface area contributed by atoms with Gasteiger partial charge in [0.25, 0.3) is 11.7 Å². The number of methoxy groups -OCH3 is 1. The molecule has 2 aromatic rings. The van der Waals surface area contributed by atoms with Crippen LogP contribution in [0.3, 0.4) is 0 Å². The first-order chi connectivity index (χ1) is 12.2. The lowest BCUT2D eigenvalue weighted by atomic mass is 10.1. The van der Waals surface area contributed by atoms with Crippen molar-refractivity contribution in [2.75, 3.05) is 25.2 Å². The normalized spacial score (nSPS) is 18.5. The van der Waals surface area contributed by atoms with Crippen LogP contribution in [0.4, 0.5) is 5.69 Å². The first-order valence-electron chi connectivity index (χ1n) is 8.17. The molecule has 6 heteroatoms. The van der Waals surface area contributed by atoms with Crippen LogP contribution in [0.25, 0.3) is 0 Å². The van der Waals surface area contributed by atoms with Crippen molar-refractivity contribution in [2.24, 2.45) is 0 Å². The molecule has 0 aromatic heterocycles. The highest BCUT2D eigenvalue weighted by Crippen LogP contribution is 2.47. The second-order valence-electron chi connectivity index (χ2n) is 6.03. The van der Waals surface area contributed by atoms with Gasteiger partial charge in [-0.05, 0) is 30.7 Å². The maximum Gasteiger partial charge on any atom is 0.292 e. The summed E-state index contributed by atoms with van der Waals surface area (Å²) >= 11 is 6.17. The SMILES string of the molecule is COc1ccccc1CN1C(=O)C2(OCCCO2)c2cc(Cl)ccc21. The fourth-order valence-electron chi connectivity index (χ4n) is 3.38. The van der Waals surface area contributed by atoms with E-state index in [0.29, 0.717) is 30.3 Å². The number of anilines is 1. The van der Waals surface area contributed by atoms with E-state index in [1.54, 1.807) is 24.1 Å². The number of hydrogen-bond donors (Lipinski definition) is 0. The summed E-state index contributed by atoms with van der Waals surface area (Å²) in [5.41, 5.74) is 2.33. The predicted octanol–water partition coefficient (Wildman–Crippen LogP) is 3.49. The number of rotatable bonds is 3. The van der Waals surface area contributed by atoms with Crippen molar-refractivity contribution in [3.8, 4) is 5.75 Å². The van der Waals surface area contributed by atoms with E-state index in [-0.39, 0.29) is 5.91 Å². The Balaban J connectivity index is 1.78. The van der Waals surface area contributed by atoms with E-state index >= 15 is 0 Å². The number of hydrogen-bond acceptors (Lipinski definition) is 4. The lowest BCUT2D eigenvalue weighted by Gasteiger charge is -2.32. The first-order valence-corrected chi connectivity index (χ1v) is 8.55. The Morgan fingerprint density at radius 2 is 1.96 bits per heavy atom. The standard InChI is InChI=1S/C19H18ClNO4/c1-23-17-6-3-2-5-13(17)12-21-16-8-7-14(20)11-15(16)19(18(21)22)24-9-4-10-25-19/h2-3,5-8,11H,4,9-10,12H2,1H3. The van der Waals surface area contributed by atoms with Gasteiger partial charge in [-0.3, -0.25) is 4.79 Å². The number of amides is 1. The zero-order valence-corrected chi connectivity index (χ0v) is 14.6. The molecule has 4 rings (SSSR count). The van der Waals surface area contributed by atoms with Gasteiger partial charge < -0.3 is 19.1 Å². The fourth-order valence-corrected chi connectivity index (χ4v) is 3.55. The molecule has 1 saturated heterocycles. The summed E-state index contributed by atoms with van der Waals surface area (Å²) in [5, 5.41) is 0.544. The van der Waals surface area contributed by atoms with Crippen molar-refractivity contribution in [2.45, 2.75) is 18.8 Å². The van der Waals surface area contributed by atoms with Crippen LogP contribution in [0, 0.1) is 0 Å². The number of carbonyl (C=O) groups is 1. The first kappa shape index (κ1) is 16.4. The number of benzene rings is 2. The lowest BCUT2D eigenvalue weighted by molar-refractivity contribution is -0.256. The lowest BCUT2D eigenvalue weighted by Crippen LogP contribution is -2.47. The van der Waals surface area contributed by atoms with Crippen molar-refractivity contribution in [1.29, 1.82) is 0 Å². The quantitative estimate of drug-likeness (QED) is 0.841. The van der Waals surface area contributed by atoms with Gasteiger partial charge in [0, 0.05) is 16.1 Å². The van der Waals surface area contributed by atoms with Gasteiger partial charge in [-0.15, -0.1) is 0 Å². The van der Waals surface area contributed by atoms with Gasteiger partial charge >= 0.3 is 0 Å². The van der Waals surface area contributed by atoms with E-state index in [9.17, 15) is 4.79 Å². The number of para-hydroxylation sites is 1. The molecule has 0 bridgehead atoms. The van der Waals surface area contributed by atoms with E-state index in [1.165, 1.54) is 0 Å². The second kappa shape index (κ2) is 6.33. The highest BCUT2D eigenvalue weighted by Gasteiger charge is 2.55. The molecule has 0 N–H and O–H groups in total. The minimum atomic E-state index is -1.39. The van der Waals surface area contributed by atoms with Crippen molar-refractivity contribution in [3.63, 3.8) is 0 Å². The van der Waals surface area contributed by atoms with Gasteiger partial charge in [0.05, 0.1) is 32.6 Å². The summed E-state index contributed by atoms with van der Waals surface area (Å²) in [6.45, 7) is 1.31. The van der Waals surface area contributed by atoms with Gasteiger partial charge in [-0.2, -0.15) is 0 Å². The Kier molecular flexibility index (Phi) is 4.15. The van der Waals surface area contributed by atoms with Crippen LogP contribution in [-0.4, -0.2) is 26.2 Å². The Morgan fingerprint density at radius 3 is 2.72 bits per heavy atom. The molecule has 1 spiro atoms. The molecule has 2 aromatic carbocycles. The predicted molar refractivity (Wildman–Crippen MR) is 93.8 cm³/mol. The third-order valence-corrected chi connectivity index (χ3v) is 4.79. The highest BCUT2D eigenvalue weighted by molar-refractivity contribution is 6.31. The van der Waals surface area contributed by atoms with Crippen LogP contribution in [0.2, 0.25) is 5.02 Å². The number of carbonyl (C=O) groups excluding carboxylic acids is 1. The maximum atomic E-state index is 13.2. The molecular formula is C19H18ClNO4. The molecule has 0 saturated carbocycles. The third kappa shape index (κ3) is 2.59. The topological polar surface area (TPSA) is 48.0 Å². The highest BCUT2D eigenvalue weighted by atomic mass is 35.5. The molecule has 2 aliphatic heterocycles. The number of halogens is 1. The van der Waals surface area contributed by atoms with Crippen molar-refractivity contribution in [3.05, 3.63) is 58.6 Å². The molecule has 0 aliphatic carbocycles. The average Bonchev–Trinajstić information content (AvgIpc) is 2.85. The van der Waals surface area contributed by atoms with Crippen LogP contribution < -0.4 is 9.64 Å². The smallest absolute Gasteiger partial charge is 0.292 e. The largest absolute Gasteiger partial charge is 0.496 e. The summed E-state index contributed by atoms with van der Waals surface area (Å²) in [6.07, 6.45) is 0.761. The number of fused-ring (bicyclic) bond motifs is 2. The van der Waals surface area contributed by atoms with Gasteiger partial charge in [0.1, 0.15) is 5.75 Å². The van der Waals surface area contributed by atoms with Crippen molar-refractivity contribution in [1.82, 2.24) is 0 Å². The zero-order valence-electron chi connectivity index (χ0n) is 13.8. The third-order valence-electron chi connectivity index (χ3n) is 4.55. The van der Waals surface area contributed by atoms with Gasteiger partial charge in [0.15, 0.2) is 0 Å². The van der Waals surface area contributed by atoms with Crippen LogP contribution in [-0.2, 0) is 26.6 Å².